The molecule has 20 heavy (non-hydrogen) atoms. The Balaban J connectivity index is 2.38. The zero-order valence-corrected chi connectivity index (χ0v) is 12.2. The van der Waals surface area contributed by atoms with E-state index < -0.39 is 0 Å². The van der Waals surface area contributed by atoms with Gasteiger partial charge in [0.25, 0.3) is 0 Å². The SMILES string of the molecule is CCC(N)C(CCO)c1ccc2cc(OC)ccc2c1. The summed E-state index contributed by atoms with van der Waals surface area (Å²) in [6, 6.07) is 12.5. The molecule has 3 N–H and O–H groups in total. The second-order valence-corrected chi connectivity index (χ2v) is 5.16. The molecule has 2 atom stereocenters. The molecule has 0 radical (unpaired) electrons. The molecule has 0 aromatic heterocycles. The monoisotopic (exact) mass is 273 g/mol. The van der Waals surface area contributed by atoms with E-state index in [1.54, 1.807) is 7.11 Å². The number of ether oxygens (including phenoxy) is 1. The van der Waals surface area contributed by atoms with E-state index in [9.17, 15) is 5.11 Å². The highest BCUT2D eigenvalue weighted by molar-refractivity contribution is 5.84. The molecule has 2 rings (SSSR count). The van der Waals surface area contributed by atoms with Gasteiger partial charge >= 0.3 is 0 Å². The summed E-state index contributed by atoms with van der Waals surface area (Å²) in [4.78, 5) is 0. The van der Waals surface area contributed by atoms with Gasteiger partial charge in [0, 0.05) is 18.6 Å². The molecule has 0 saturated carbocycles. The third-order valence-electron chi connectivity index (χ3n) is 3.93. The first kappa shape index (κ1) is 14.8. The molecule has 0 aliphatic rings. The van der Waals surface area contributed by atoms with Gasteiger partial charge in [-0.1, -0.05) is 31.2 Å². The molecule has 0 amide bonds. The summed E-state index contributed by atoms with van der Waals surface area (Å²) in [5.41, 5.74) is 7.39. The van der Waals surface area contributed by atoms with Crippen LogP contribution in [-0.4, -0.2) is 24.9 Å². The van der Waals surface area contributed by atoms with Crippen molar-refractivity contribution in [3.8, 4) is 5.75 Å². The molecule has 2 unspecified atom stereocenters. The number of benzene rings is 2. The fraction of sp³-hybridized carbons (Fsp3) is 0.412. The Hall–Kier alpha value is -1.58. The van der Waals surface area contributed by atoms with E-state index in [-0.39, 0.29) is 18.6 Å². The first-order valence-electron chi connectivity index (χ1n) is 7.13. The second-order valence-electron chi connectivity index (χ2n) is 5.16. The maximum atomic E-state index is 9.25. The number of nitrogens with two attached hydrogens (primary N) is 1. The number of rotatable bonds is 6. The smallest absolute Gasteiger partial charge is 0.119 e. The lowest BCUT2D eigenvalue weighted by atomic mass is 9.87. The Morgan fingerprint density at radius 1 is 1.15 bits per heavy atom. The standard InChI is InChI=1S/C17H23NO2/c1-3-17(18)16(8-9-19)14-5-4-13-11-15(20-2)7-6-12(13)10-14/h4-7,10-11,16-17,19H,3,8-9,18H2,1-2H3. The maximum Gasteiger partial charge on any atom is 0.119 e. The van der Waals surface area contributed by atoms with E-state index in [0.29, 0.717) is 6.42 Å². The van der Waals surface area contributed by atoms with Crippen LogP contribution in [0.2, 0.25) is 0 Å². The molecule has 0 bridgehead atoms. The van der Waals surface area contributed by atoms with Gasteiger partial charge in [0.15, 0.2) is 0 Å². The molecule has 0 saturated heterocycles. The van der Waals surface area contributed by atoms with Gasteiger partial charge in [-0.25, -0.2) is 0 Å². The summed E-state index contributed by atoms with van der Waals surface area (Å²) in [5, 5.41) is 11.6. The Labute approximate surface area is 120 Å². The van der Waals surface area contributed by atoms with Crippen LogP contribution in [0.4, 0.5) is 0 Å². The molecule has 0 aliphatic heterocycles. The fourth-order valence-electron chi connectivity index (χ4n) is 2.65. The third-order valence-corrected chi connectivity index (χ3v) is 3.93. The fourth-order valence-corrected chi connectivity index (χ4v) is 2.65. The molecule has 3 heteroatoms. The van der Waals surface area contributed by atoms with Crippen molar-refractivity contribution in [2.45, 2.75) is 31.7 Å². The van der Waals surface area contributed by atoms with E-state index in [2.05, 4.69) is 31.2 Å². The van der Waals surface area contributed by atoms with Crippen LogP contribution < -0.4 is 10.5 Å². The molecular weight excluding hydrogens is 250 g/mol. The van der Waals surface area contributed by atoms with Gasteiger partial charge in [0.1, 0.15) is 5.75 Å². The Kier molecular flexibility index (Phi) is 4.99. The summed E-state index contributed by atoms with van der Waals surface area (Å²) in [5.74, 6) is 1.07. The summed E-state index contributed by atoms with van der Waals surface area (Å²) in [6.45, 7) is 2.25. The van der Waals surface area contributed by atoms with Gasteiger partial charge in [-0.15, -0.1) is 0 Å². The number of hydrogen-bond donors (Lipinski definition) is 2. The third kappa shape index (κ3) is 3.11. The van der Waals surface area contributed by atoms with Crippen molar-refractivity contribution < 1.29 is 9.84 Å². The highest BCUT2D eigenvalue weighted by Crippen LogP contribution is 2.28. The molecule has 2 aromatic carbocycles. The number of hydrogen-bond acceptors (Lipinski definition) is 3. The first-order chi connectivity index (χ1) is 9.69. The molecule has 3 nitrogen and oxygen atoms in total. The topological polar surface area (TPSA) is 55.5 Å². The van der Waals surface area contributed by atoms with Gasteiger partial charge in [-0.3, -0.25) is 0 Å². The van der Waals surface area contributed by atoms with Crippen LogP contribution in [0, 0.1) is 0 Å². The lowest BCUT2D eigenvalue weighted by Gasteiger charge is -2.23. The van der Waals surface area contributed by atoms with Crippen molar-refractivity contribution in [1.29, 1.82) is 0 Å². The normalized spacial score (nSPS) is 14.2. The summed E-state index contributed by atoms with van der Waals surface area (Å²) in [7, 11) is 1.67. The van der Waals surface area contributed by atoms with Crippen molar-refractivity contribution in [3.63, 3.8) is 0 Å². The number of aliphatic hydroxyl groups is 1. The largest absolute Gasteiger partial charge is 0.497 e. The maximum absolute atomic E-state index is 9.25. The Morgan fingerprint density at radius 3 is 2.50 bits per heavy atom. The highest BCUT2D eigenvalue weighted by atomic mass is 16.5. The van der Waals surface area contributed by atoms with E-state index in [0.717, 1.165) is 17.6 Å². The molecule has 108 valence electrons. The van der Waals surface area contributed by atoms with Crippen LogP contribution in [-0.2, 0) is 0 Å². The average Bonchev–Trinajstić information content (AvgIpc) is 2.50. The quantitative estimate of drug-likeness (QED) is 0.850. The van der Waals surface area contributed by atoms with Gasteiger partial charge in [-0.2, -0.15) is 0 Å². The van der Waals surface area contributed by atoms with Gasteiger partial charge < -0.3 is 15.6 Å². The minimum Gasteiger partial charge on any atom is -0.497 e. The molecule has 0 aliphatic carbocycles. The number of fused-ring (bicyclic) bond motifs is 1. The van der Waals surface area contributed by atoms with Crippen LogP contribution in [0.25, 0.3) is 10.8 Å². The van der Waals surface area contributed by atoms with E-state index in [1.807, 2.05) is 12.1 Å². The second kappa shape index (κ2) is 6.73. The van der Waals surface area contributed by atoms with E-state index >= 15 is 0 Å². The molecule has 2 aromatic rings. The van der Waals surface area contributed by atoms with Crippen LogP contribution >= 0.6 is 0 Å². The summed E-state index contributed by atoms with van der Waals surface area (Å²) < 4.78 is 5.24. The number of aliphatic hydroxyl groups excluding tert-OH is 1. The first-order valence-corrected chi connectivity index (χ1v) is 7.13. The van der Waals surface area contributed by atoms with Crippen molar-refractivity contribution in [3.05, 3.63) is 42.0 Å². The van der Waals surface area contributed by atoms with Crippen LogP contribution in [0.3, 0.4) is 0 Å². The predicted octanol–water partition coefficient (Wildman–Crippen LogP) is 3.05. The lowest BCUT2D eigenvalue weighted by molar-refractivity contribution is 0.266. The van der Waals surface area contributed by atoms with E-state index in [1.165, 1.54) is 10.9 Å². The van der Waals surface area contributed by atoms with Crippen molar-refractivity contribution in [2.24, 2.45) is 5.73 Å². The van der Waals surface area contributed by atoms with E-state index in [4.69, 9.17) is 10.5 Å². The molecule has 0 fully saturated rings. The Morgan fingerprint density at radius 2 is 1.85 bits per heavy atom. The minimum atomic E-state index is 0.0813. The lowest BCUT2D eigenvalue weighted by Crippen LogP contribution is -2.28. The predicted molar refractivity (Wildman–Crippen MR) is 83.2 cm³/mol. The van der Waals surface area contributed by atoms with Crippen LogP contribution in [0.15, 0.2) is 36.4 Å². The van der Waals surface area contributed by atoms with Crippen molar-refractivity contribution in [2.75, 3.05) is 13.7 Å². The van der Waals surface area contributed by atoms with Crippen LogP contribution in [0.5, 0.6) is 5.75 Å². The van der Waals surface area contributed by atoms with Gasteiger partial charge in [0.2, 0.25) is 0 Å². The zero-order valence-electron chi connectivity index (χ0n) is 12.2. The summed E-state index contributed by atoms with van der Waals surface area (Å²) >= 11 is 0. The van der Waals surface area contributed by atoms with Crippen molar-refractivity contribution >= 4 is 10.8 Å². The minimum absolute atomic E-state index is 0.0813. The molecule has 0 spiro atoms. The number of methoxy groups -OCH3 is 1. The van der Waals surface area contributed by atoms with Crippen molar-refractivity contribution in [1.82, 2.24) is 0 Å². The average molecular weight is 273 g/mol. The molecular formula is C17H23NO2. The van der Waals surface area contributed by atoms with Gasteiger partial charge in [0.05, 0.1) is 7.11 Å². The highest BCUT2D eigenvalue weighted by Gasteiger charge is 2.18. The van der Waals surface area contributed by atoms with Crippen LogP contribution in [0.1, 0.15) is 31.2 Å². The summed E-state index contributed by atoms with van der Waals surface area (Å²) in [6.07, 6.45) is 1.61. The Bertz CT molecular complexity index is 568. The molecule has 0 heterocycles. The van der Waals surface area contributed by atoms with Gasteiger partial charge in [-0.05, 0) is 41.3 Å². The zero-order chi connectivity index (χ0) is 14.5.